The van der Waals surface area contributed by atoms with Crippen LogP contribution in [0.2, 0.25) is 0 Å². The third kappa shape index (κ3) is 5.41. The highest BCUT2D eigenvalue weighted by Crippen LogP contribution is 2.26. The number of nitrogens with one attached hydrogen (secondary N) is 1. The summed E-state index contributed by atoms with van der Waals surface area (Å²) in [5.41, 5.74) is 0.511. The van der Waals surface area contributed by atoms with Gasteiger partial charge in [0.05, 0.1) is 11.5 Å². The van der Waals surface area contributed by atoms with Gasteiger partial charge in [-0.05, 0) is 48.1 Å². The maximum absolute atomic E-state index is 11.1. The van der Waals surface area contributed by atoms with E-state index < -0.39 is 4.92 Å². The molecule has 104 valence electrons. The van der Waals surface area contributed by atoms with Crippen LogP contribution in [0.1, 0.15) is 19.8 Å². The van der Waals surface area contributed by atoms with Gasteiger partial charge in [-0.1, -0.05) is 0 Å². The highest BCUT2D eigenvalue weighted by atomic mass is 127. The second-order valence-electron chi connectivity index (χ2n) is 3.75. The summed E-state index contributed by atoms with van der Waals surface area (Å²) < 4.78 is 5.60. The third-order valence-corrected chi connectivity index (χ3v) is 3.01. The minimum Gasteiger partial charge on any atom is -0.466 e. The van der Waals surface area contributed by atoms with Gasteiger partial charge in [-0.3, -0.25) is 14.9 Å². The van der Waals surface area contributed by atoms with Gasteiger partial charge in [0, 0.05) is 22.6 Å². The Balaban J connectivity index is 2.49. The number of nitro groups is 1. The molecule has 0 amide bonds. The van der Waals surface area contributed by atoms with Crippen LogP contribution in [0.25, 0.3) is 0 Å². The van der Waals surface area contributed by atoms with Gasteiger partial charge in [0.1, 0.15) is 5.69 Å². The van der Waals surface area contributed by atoms with E-state index in [1.54, 1.807) is 19.1 Å². The Morgan fingerprint density at radius 2 is 2.26 bits per heavy atom. The fraction of sp³-hybridized carbons (Fsp3) is 0.417. The maximum atomic E-state index is 11.1. The van der Waals surface area contributed by atoms with Crippen molar-refractivity contribution in [1.29, 1.82) is 0 Å². The molecule has 19 heavy (non-hydrogen) atoms. The van der Waals surface area contributed by atoms with Crippen molar-refractivity contribution >= 4 is 39.9 Å². The molecule has 7 heteroatoms. The molecule has 0 heterocycles. The molecule has 1 aromatic carbocycles. The minimum absolute atomic E-state index is 0.0445. The second kappa shape index (κ2) is 7.93. The van der Waals surface area contributed by atoms with Crippen LogP contribution in [0, 0.1) is 13.7 Å². The maximum Gasteiger partial charge on any atom is 0.305 e. The van der Waals surface area contributed by atoms with Crippen LogP contribution in [0.3, 0.4) is 0 Å². The number of carbonyl (C=O) groups excluding carboxylic acids is 1. The molecule has 0 unspecified atom stereocenters. The first-order chi connectivity index (χ1) is 9.04. The number of carbonyl (C=O) groups is 1. The molecule has 0 radical (unpaired) electrons. The zero-order valence-corrected chi connectivity index (χ0v) is 12.7. The highest BCUT2D eigenvalue weighted by molar-refractivity contribution is 14.1. The monoisotopic (exact) mass is 378 g/mol. The van der Waals surface area contributed by atoms with E-state index in [1.807, 2.05) is 22.6 Å². The molecule has 0 saturated heterocycles. The molecule has 1 rings (SSSR count). The Bertz CT molecular complexity index is 465. The van der Waals surface area contributed by atoms with Gasteiger partial charge < -0.3 is 10.1 Å². The van der Waals surface area contributed by atoms with E-state index in [0.717, 1.165) is 3.57 Å². The zero-order chi connectivity index (χ0) is 14.3. The quantitative estimate of drug-likeness (QED) is 0.259. The van der Waals surface area contributed by atoms with Crippen LogP contribution in [-0.4, -0.2) is 24.0 Å². The molecule has 0 saturated carbocycles. The van der Waals surface area contributed by atoms with Gasteiger partial charge >= 0.3 is 5.97 Å². The second-order valence-corrected chi connectivity index (χ2v) is 5.00. The van der Waals surface area contributed by atoms with Crippen molar-refractivity contribution < 1.29 is 14.5 Å². The summed E-state index contributed by atoms with van der Waals surface area (Å²) >= 11 is 2.02. The molecule has 6 nitrogen and oxygen atoms in total. The number of hydrogen-bond donors (Lipinski definition) is 1. The highest BCUT2D eigenvalue weighted by Gasteiger charge is 2.13. The van der Waals surface area contributed by atoms with Crippen molar-refractivity contribution in [3.8, 4) is 0 Å². The average Bonchev–Trinajstić information content (AvgIpc) is 2.36. The number of rotatable bonds is 7. The van der Waals surface area contributed by atoms with Crippen molar-refractivity contribution in [1.82, 2.24) is 0 Å². The van der Waals surface area contributed by atoms with E-state index in [0.29, 0.717) is 31.7 Å². The normalized spacial score (nSPS) is 10.0. The number of benzene rings is 1. The summed E-state index contributed by atoms with van der Waals surface area (Å²) in [6.07, 6.45) is 0.876. The predicted octanol–water partition coefficient (Wildman–Crippen LogP) is 2.95. The summed E-state index contributed by atoms with van der Waals surface area (Å²) in [4.78, 5) is 21.6. The smallest absolute Gasteiger partial charge is 0.305 e. The third-order valence-electron chi connectivity index (χ3n) is 2.33. The number of halogens is 1. The standard InChI is InChI=1S/C12H15IN2O4/c1-2-19-12(16)4-3-7-14-10-6-5-9(13)8-11(10)15(17)18/h5-6,8,14H,2-4,7H2,1H3. The van der Waals surface area contributed by atoms with Crippen LogP contribution in [0.15, 0.2) is 18.2 Å². The molecule has 0 aliphatic carbocycles. The molecular formula is C12H15IN2O4. The first kappa shape index (κ1) is 15.7. The molecule has 0 aliphatic heterocycles. The zero-order valence-electron chi connectivity index (χ0n) is 10.5. The van der Waals surface area contributed by atoms with Crippen LogP contribution in [-0.2, 0) is 9.53 Å². The molecule has 0 bridgehead atoms. The van der Waals surface area contributed by atoms with Gasteiger partial charge in [0.2, 0.25) is 0 Å². The van der Waals surface area contributed by atoms with Gasteiger partial charge in [-0.2, -0.15) is 0 Å². The van der Waals surface area contributed by atoms with Crippen LogP contribution in [0.4, 0.5) is 11.4 Å². The van der Waals surface area contributed by atoms with Gasteiger partial charge in [-0.25, -0.2) is 0 Å². The lowest BCUT2D eigenvalue weighted by atomic mass is 10.2. The van der Waals surface area contributed by atoms with E-state index in [2.05, 4.69) is 5.32 Å². The van der Waals surface area contributed by atoms with Crippen LogP contribution in [0.5, 0.6) is 0 Å². The fourth-order valence-corrected chi connectivity index (χ4v) is 1.97. The van der Waals surface area contributed by atoms with E-state index in [-0.39, 0.29) is 11.7 Å². The van der Waals surface area contributed by atoms with Gasteiger partial charge in [0.15, 0.2) is 0 Å². The minimum atomic E-state index is -0.421. The molecular weight excluding hydrogens is 363 g/mol. The molecule has 0 fully saturated rings. The Morgan fingerprint density at radius 3 is 2.89 bits per heavy atom. The van der Waals surface area contributed by atoms with E-state index in [1.165, 1.54) is 6.07 Å². The first-order valence-electron chi connectivity index (χ1n) is 5.88. The molecule has 0 spiro atoms. The van der Waals surface area contributed by atoms with E-state index in [9.17, 15) is 14.9 Å². The molecule has 0 aliphatic rings. The molecule has 0 aromatic heterocycles. The van der Waals surface area contributed by atoms with Crippen molar-refractivity contribution in [3.63, 3.8) is 0 Å². The number of anilines is 1. The average molecular weight is 378 g/mol. The largest absolute Gasteiger partial charge is 0.466 e. The van der Waals surface area contributed by atoms with Crippen molar-refractivity contribution in [2.45, 2.75) is 19.8 Å². The number of esters is 1. The Labute approximate surface area is 124 Å². The van der Waals surface area contributed by atoms with Gasteiger partial charge in [-0.15, -0.1) is 0 Å². The Hall–Kier alpha value is -1.38. The summed E-state index contributed by atoms with van der Waals surface area (Å²) in [6, 6.07) is 4.97. The SMILES string of the molecule is CCOC(=O)CCCNc1ccc(I)cc1[N+](=O)[O-]. The fourth-order valence-electron chi connectivity index (χ4n) is 1.49. The summed E-state index contributed by atoms with van der Waals surface area (Å²) in [7, 11) is 0. The topological polar surface area (TPSA) is 81.5 Å². The molecule has 1 aromatic rings. The number of nitro benzene ring substituents is 1. The molecule has 1 N–H and O–H groups in total. The van der Waals surface area contributed by atoms with E-state index in [4.69, 9.17) is 4.74 Å². The van der Waals surface area contributed by atoms with Crippen molar-refractivity contribution in [2.24, 2.45) is 0 Å². The summed E-state index contributed by atoms with van der Waals surface area (Å²) in [5, 5.41) is 13.9. The lowest BCUT2D eigenvalue weighted by Crippen LogP contribution is -2.09. The lowest BCUT2D eigenvalue weighted by molar-refractivity contribution is -0.384. The summed E-state index contributed by atoms with van der Waals surface area (Å²) in [6.45, 7) is 2.61. The first-order valence-corrected chi connectivity index (χ1v) is 6.96. The van der Waals surface area contributed by atoms with Crippen LogP contribution < -0.4 is 5.32 Å². The Morgan fingerprint density at radius 1 is 1.53 bits per heavy atom. The predicted molar refractivity (Wildman–Crippen MR) is 80.2 cm³/mol. The van der Waals surface area contributed by atoms with Gasteiger partial charge in [0.25, 0.3) is 5.69 Å². The summed E-state index contributed by atoms with van der Waals surface area (Å²) in [5.74, 6) is -0.249. The van der Waals surface area contributed by atoms with Crippen LogP contribution >= 0.6 is 22.6 Å². The Kier molecular flexibility index (Phi) is 6.54. The lowest BCUT2D eigenvalue weighted by Gasteiger charge is -2.07. The number of hydrogen-bond acceptors (Lipinski definition) is 5. The number of ether oxygens (including phenoxy) is 1. The van der Waals surface area contributed by atoms with Crippen molar-refractivity contribution in [2.75, 3.05) is 18.5 Å². The van der Waals surface area contributed by atoms with Crippen molar-refractivity contribution in [3.05, 3.63) is 31.9 Å². The molecule has 0 atom stereocenters. The van der Waals surface area contributed by atoms with E-state index >= 15 is 0 Å². The number of nitrogens with zero attached hydrogens (tertiary/aromatic N) is 1.